The number of fused-ring (bicyclic) bond motifs is 1. The lowest BCUT2D eigenvalue weighted by Crippen LogP contribution is -2.49. The first-order valence-corrected chi connectivity index (χ1v) is 15.6. The van der Waals surface area contributed by atoms with Crippen LogP contribution >= 0.6 is 0 Å². The Morgan fingerprint density at radius 1 is 0.812 bits per heavy atom. The maximum atomic E-state index is 12.8. The first-order valence-electron chi connectivity index (χ1n) is 15.6. The molecule has 4 N–H and O–H groups in total. The highest BCUT2D eigenvalue weighted by atomic mass is 16.6. The van der Waals surface area contributed by atoms with E-state index in [2.05, 4.69) is 49.9 Å². The SMILES string of the molecule is COc1ccc(C(NC[C@H]2O[C@@H](n3cnc4c(NC(=O)c5ccccc5)ncnc43)[C@@H](O)C2O)(c2ccccc2)c2ccccc2)cc1. The lowest BCUT2D eigenvalue weighted by molar-refractivity contribution is -0.0351. The van der Waals surface area contributed by atoms with Gasteiger partial charge in [0.05, 0.1) is 19.0 Å². The number of carbonyl (C=O) groups excluding carboxylic acids is 1. The van der Waals surface area contributed by atoms with E-state index in [-0.39, 0.29) is 18.3 Å². The summed E-state index contributed by atoms with van der Waals surface area (Å²) in [6.45, 7) is 0.171. The van der Waals surface area contributed by atoms with E-state index in [1.807, 2.05) is 66.7 Å². The van der Waals surface area contributed by atoms with Crippen LogP contribution in [-0.4, -0.2) is 67.6 Å². The van der Waals surface area contributed by atoms with Crippen molar-refractivity contribution in [1.29, 1.82) is 0 Å². The summed E-state index contributed by atoms with van der Waals surface area (Å²) in [6, 6.07) is 36.7. The number of benzene rings is 4. The highest BCUT2D eigenvalue weighted by Crippen LogP contribution is 2.39. The Balaban J connectivity index is 1.19. The topological polar surface area (TPSA) is 144 Å². The Labute approximate surface area is 276 Å². The fraction of sp³-hybridized carbons (Fsp3) is 0.189. The van der Waals surface area contributed by atoms with Crippen LogP contribution in [0.5, 0.6) is 5.75 Å². The van der Waals surface area contributed by atoms with E-state index < -0.39 is 30.1 Å². The zero-order valence-electron chi connectivity index (χ0n) is 26.0. The molecule has 0 aliphatic carbocycles. The van der Waals surface area contributed by atoms with Crippen LogP contribution in [0.15, 0.2) is 128 Å². The quantitative estimate of drug-likeness (QED) is 0.161. The highest BCUT2D eigenvalue weighted by Gasteiger charge is 2.46. The first kappa shape index (κ1) is 31.2. The fourth-order valence-corrected chi connectivity index (χ4v) is 6.30. The summed E-state index contributed by atoms with van der Waals surface area (Å²) in [5.41, 5.74) is 3.18. The van der Waals surface area contributed by atoms with Gasteiger partial charge in [-0.3, -0.25) is 14.7 Å². The van der Waals surface area contributed by atoms with E-state index in [9.17, 15) is 15.0 Å². The van der Waals surface area contributed by atoms with Crippen LogP contribution in [0.25, 0.3) is 11.2 Å². The Morgan fingerprint density at radius 2 is 1.42 bits per heavy atom. The molecule has 2 aromatic heterocycles. The van der Waals surface area contributed by atoms with Gasteiger partial charge in [-0.25, -0.2) is 15.0 Å². The van der Waals surface area contributed by atoms with E-state index in [4.69, 9.17) is 9.47 Å². The van der Waals surface area contributed by atoms with Gasteiger partial charge in [-0.2, -0.15) is 0 Å². The predicted molar refractivity (Wildman–Crippen MR) is 179 cm³/mol. The molecule has 6 aromatic rings. The minimum Gasteiger partial charge on any atom is -0.497 e. The van der Waals surface area contributed by atoms with Crippen LogP contribution in [0, 0.1) is 0 Å². The fourth-order valence-electron chi connectivity index (χ4n) is 6.30. The molecule has 1 amide bonds. The number of hydrogen-bond donors (Lipinski definition) is 4. The second-order valence-electron chi connectivity index (χ2n) is 11.5. The molecule has 1 aliphatic heterocycles. The number of aromatic nitrogens is 4. The molecule has 11 nitrogen and oxygen atoms in total. The molecule has 4 atom stereocenters. The molecule has 1 fully saturated rings. The van der Waals surface area contributed by atoms with Gasteiger partial charge < -0.3 is 25.0 Å². The number of nitrogens with one attached hydrogen (secondary N) is 2. The molecule has 0 spiro atoms. The Bertz CT molecular complexity index is 1950. The van der Waals surface area contributed by atoms with Crippen molar-refractivity contribution in [1.82, 2.24) is 24.8 Å². The average Bonchev–Trinajstić information content (AvgIpc) is 3.70. The van der Waals surface area contributed by atoms with Crippen molar-refractivity contribution in [3.8, 4) is 5.75 Å². The average molecular weight is 643 g/mol. The summed E-state index contributed by atoms with van der Waals surface area (Å²) in [4.78, 5) is 25.9. The standard InChI is InChI=1S/C37H34N6O5/c1-47-28-19-17-27(18-20-28)37(25-13-7-3-8-14-25,26-15-9-4-10-16-26)41-21-29-31(44)32(45)36(48-29)43-23-40-30-33(38-22-39-34(30)43)42-35(46)24-11-5-2-6-12-24/h2-20,22-23,29,31-32,36,41,44-45H,21H2,1H3,(H,38,39,42,46)/t29-,31?,32+,36-/m1/s1. The van der Waals surface area contributed by atoms with Crippen molar-refractivity contribution < 1.29 is 24.5 Å². The molecule has 3 heterocycles. The zero-order valence-corrected chi connectivity index (χ0v) is 26.0. The number of methoxy groups -OCH3 is 1. The van der Waals surface area contributed by atoms with Crippen molar-refractivity contribution in [2.24, 2.45) is 0 Å². The third kappa shape index (κ3) is 5.69. The van der Waals surface area contributed by atoms with Crippen molar-refractivity contribution >= 4 is 22.9 Å². The van der Waals surface area contributed by atoms with E-state index >= 15 is 0 Å². The molecule has 4 aromatic carbocycles. The van der Waals surface area contributed by atoms with Crippen LogP contribution in [0.2, 0.25) is 0 Å². The van der Waals surface area contributed by atoms with Crippen LogP contribution in [0.3, 0.4) is 0 Å². The van der Waals surface area contributed by atoms with Gasteiger partial charge in [-0.05, 0) is 41.0 Å². The number of nitrogens with zero attached hydrogens (tertiary/aromatic N) is 4. The molecular weight excluding hydrogens is 608 g/mol. The lowest BCUT2D eigenvalue weighted by Gasteiger charge is -2.38. The van der Waals surface area contributed by atoms with Crippen LogP contribution in [0.1, 0.15) is 33.3 Å². The van der Waals surface area contributed by atoms with Crippen LogP contribution < -0.4 is 15.4 Å². The minimum absolute atomic E-state index is 0.171. The van der Waals surface area contributed by atoms with Gasteiger partial charge in [0.2, 0.25) is 0 Å². The van der Waals surface area contributed by atoms with E-state index in [0.29, 0.717) is 16.7 Å². The summed E-state index contributed by atoms with van der Waals surface area (Å²) >= 11 is 0. The van der Waals surface area contributed by atoms with Gasteiger partial charge in [0.25, 0.3) is 5.91 Å². The normalized spacial score (nSPS) is 19.3. The third-order valence-electron chi connectivity index (χ3n) is 8.74. The van der Waals surface area contributed by atoms with E-state index in [1.165, 1.54) is 12.7 Å². The van der Waals surface area contributed by atoms with Crippen LogP contribution in [-0.2, 0) is 10.3 Å². The number of ether oxygens (including phenoxy) is 2. The second-order valence-corrected chi connectivity index (χ2v) is 11.5. The molecule has 0 radical (unpaired) electrons. The molecule has 48 heavy (non-hydrogen) atoms. The number of aliphatic hydroxyl groups is 2. The summed E-state index contributed by atoms with van der Waals surface area (Å²) in [5, 5.41) is 29.1. The first-order chi connectivity index (χ1) is 23.5. The third-order valence-corrected chi connectivity index (χ3v) is 8.74. The molecular formula is C37H34N6O5. The number of imidazole rings is 1. The Kier molecular flexibility index (Phi) is 8.66. The van der Waals surface area contributed by atoms with Crippen molar-refractivity contribution in [2.75, 3.05) is 19.0 Å². The zero-order chi connectivity index (χ0) is 33.1. The van der Waals surface area contributed by atoms with Crippen molar-refractivity contribution in [2.45, 2.75) is 30.1 Å². The number of carbonyl (C=O) groups is 1. The van der Waals surface area contributed by atoms with Gasteiger partial charge in [-0.1, -0.05) is 91.0 Å². The number of amides is 1. The largest absolute Gasteiger partial charge is 0.497 e. The molecule has 1 saturated heterocycles. The van der Waals surface area contributed by atoms with Gasteiger partial charge in [-0.15, -0.1) is 0 Å². The van der Waals surface area contributed by atoms with E-state index in [0.717, 1.165) is 22.4 Å². The molecule has 11 heteroatoms. The summed E-state index contributed by atoms with van der Waals surface area (Å²) in [5.74, 6) is 0.600. The van der Waals surface area contributed by atoms with Gasteiger partial charge in [0.15, 0.2) is 23.2 Å². The summed E-state index contributed by atoms with van der Waals surface area (Å²) < 4.78 is 13.4. The lowest BCUT2D eigenvalue weighted by atomic mass is 9.76. The maximum absolute atomic E-state index is 12.8. The predicted octanol–water partition coefficient (Wildman–Crippen LogP) is 4.29. The minimum atomic E-state index is -1.30. The Hall–Kier alpha value is -5.46. The molecule has 1 aliphatic rings. The maximum Gasteiger partial charge on any atom is 0.256 e. The number of rotatable bonds is 10. The van der Waals surface area contributed by atoms with Gasteiger partial charge in [0.1, 0.15) is 30.4 Å². The van der Waals surface area contributed by atoms with Gasteiger partial charge >= 0.3 is 0 Å². The highest BCUT2D eigenvalue weighted by molar-refractivity contribution is 6.06. The molecule has 0 bridgehead atoms. The molecule has 242 valence electrons. The molecule has 0 saturated carbocycles. The van der Waals surface area contributed by atoms with Crippen molar-refractivity contribution in [3.05, 3.63) is 150 Å². The number of anilines is 1. The second kappa shape index (κ2) is 13.3. The Morgan fingerprint density at radius 3 is 2.04 bits per heavy atom. The molecule has 7 rings (SSSR count). The number of hydrogen-bond acceptors (Lipinski definition) is 9. The number of aliphatic hydroxyl groups excluding tert-OH is 2. The summed E-state index contributed by atoms with van der Waals surface area (Å²) in [6.07, 6.45) is -1.58. The molecule has 1 unspecified atom stereocenters. The van der Waals surface area contributed by atoms with Crippen LogP contribution in [0.4, 0.5) is 5.82 Å². The van der Waals surface area contributed by atoms with E-state index in [1.54, 1.807) is 35.9 Å². The van der Waals surface area contributed by atoms with Gasteiger partial charge in [0, 0.05) is 12.1 Å². The smallest absolute Gasteiger partial charge is 0.256 e. The summed E-state index contributed by atoms with van der Waals surface area (Å²) in [7, 11) is 1.63. The van der Waals surface area contributed by atoms with Crippen molar-refractivity contribution in [3.63, 3.8) is 0 Å². The monoisotopic (exact) mass is 642 g/mol.